The van der Waals surface area contributed by atoms with Crippen LogP contribution in [-0.4, -0.2) is 32.9 Å². The molecule has 0 unspecified atom stereocenters. The summed E-state index contributed by atoms with van der Waals surface area (Å²) in [7, 11) is -0.506. The highest BCUT2D eigenvalue weighted by atomic mass is 32.2. The van der Waals surface area contributed by atoms with E-state index < -0.39 is 16.4 Å². The van der Waals surface area contributed by atoms with Crippen LogP contribution in [0.3, 0.4) is 0 Å². The summed E-state index contributed by atoms with van der Waals surface area (Å²) < 4.78 is 75.0. The predicted molar refractivity (Wildman–Crippen MR) is 137 cm³/mol. The number of methoxy groups -OCH3 is 1. The summed E-state index contributed by atoms with van der Waals surface area (Å²) in [5.74, 6) is 0.0133. The molecule has 0 spiro atoms. The summed E-state index contributed by atoms with van der Waals surface area (Å²) in [5, 5.41) is 6.98. The Bertz CT molecular complexity index is 1530. The Balaban J connectivity index is 1.70. The number of alkyl halides is 3. The van der Waals surface area contributed by atoms with Crippen LogP contribution < -0.4 is 20.1 Å². The van der Waals surface area contributed by atoms with Gasteiger partial charge in [0.1, 0.15) is 11.5 Å². The van der Waals surface area contributed by atoms with Crippen molar-refractivity contribution in [3.8, 4) is 11.5 Å². The SMILES string of the molecule is CNCc1cn(S(=O)(=O)Cc2cccc(OC)c2)c2cc(Nc3ccc(OC(F)(F)F)cc3C)ccc12. The largest absolute Gasteiger partial charge is 0.573 e. The fraction of sp³-hybridized carbons (Fsp3) is 0.231. The van der Waals surface area contributed by atoms with E-state index in [2.05, 4.69) is 15.4 Å². The Morgan fingerprint density at radius 3 is 2.46 bits per heavy atom. The van der Waals surface area contributed by atoms with Gasteiger partial charge in [0.15, 0.2) is 0 Å². The van der Waals surface area contributed by atoms with Gasteiger partial charge < -0.3 is 20.1 Å². The molecule has 11 heteroatoms. The van der Waals surface area contributed by atoms with Gasteiger partial charge in [0.25, 0.3) is 0 Å². The van der Waals surface area contributed by atoms with Gasteiger partial charge in [-0.25, -0.2) is 12.4 Å². The van der Waals surface area contributed by atoms with Crippen LogP contribution in [-0.2, 0) is 22.3 Å². The molecule has 0 atom stereocenters. The number of nitrogens with zero attached hydrogens (tertiary/aromatic N) is 1. The van der Waals surface area contributed by atoms with Crippen LogP contribution in [0.2, 0.25) is 0 Å². The molecule has 0 saturated heterocycles. The maximum Gasteiger partial charge on any atom is 0.573 e. The quantitative estimate of drug-likeness (QED) is 0.287. The number of benzene rings is 3. The Labute approximate surface area is 212 Å². The zero-order valence-corrected chi connectivity index (χ0v) is 21.2. The molecule has 37 heavy (non-hydrogen) atoms. The maximum absolute atomic E-state index is 13.5. The van der Waals surface area contributed by atoms with E-state index in [-0.39, 0.29) is 11.5 Å². The third-order valence-corrected chi connectivity index (χ3v) is 7.31. The number of hydrogen-bond donors (Lipinski definition) is 2. The van der Waals surface area contributed by atoms with Gasteiger partial charge in [0.05, 0.1) is 18.4 Å². The maximum atomic E-state index is 13.5. The van der Waals surface area contributed by atoms with Gasteiger partial charge in [-0.1, -0.05) is 18.2 Å². The molecule has 196 valence electrons. The molecule has 0 fully saturated rings. The van der Waals surface area contributed by atoms with Gasteiger partial charge in [-0.15, -0.1) is 13.2 Å². The average molecular weight is 534 g/mol. The van der Waals surface area contributed by atoms with E-state index in [1.807, 2.05) is 6.07 Å². The van der Waals surface area contributed by atoms with Crippen LogP contribution in [0.25, 0.3) is 10.9 Å². The second-order valence-electron chi connectivity index (χ2n) is 8.47. The highest BCUT2D eigenvalue weighted by Crippen LogP contribution is 2.32. The lowest BCUT2D eigenvalue weighted by molar-refractivity contribution is -0.274. The third-order valence-electron chi connectivity index (χ3n) is 5.71. The lowest BCUT2D eigenvalue weighted by atomic mass is 10.1. The third kappa shape index (κ3) is 6.17. The molecule has 4 rings (SSSR count). The lowest BCUT2D eigenvalue weighted by Gasteiger charge is -2.14. The molecule has 2 N–H and O–H groups in total. The van der Waals surface area contributed by atoms with E-state index >= 15 is 0 Å². The number of fused-ring (bicyclic) bond motifs is 1. The van der Waals surface area contributed by atoms with Crippen molar-refractivity contribution >= 4 is 32.3 Å². The van der Waals surface area contributed by atoms with Crippen molar-refractivity contribution in [2.45, 2.75) is 25.6 Å². The minimum Gasteiger partial charge on any atom is -0.497 e. The van der Waals surface area contributed by atoms with E-state index in [0.29, 0.717) is 40.3 Å². The van der Waals surface area contributed by atoms with Crippen molar-refractivity contribution in [3.05, 3.63) is 83.6 Å². The number of ether oxygens (including phenoxy) is 2. The number of aryl methyl sites for hydroxylation is 1. The normalized spacial score (nSPS) is 12.1. The Morgan fingerprint density at radius 1 is 1.00 bits per heavy atom. The minimum absolute atomic E-state index is 0.232. The summed E-state index contributed by atoms with van der Waals surface area (Å²) in [6.07, 6.45) is -3.17. The summed E-state index contributed by atoms with van der Waals surface area (Å²) in [6, 6.07) is 16.2. The standard InChI is InChI=1S/C26H26F3N3O4S/c1-17-11-22(36-26(27,28)29)8-10-24(17)31-20-7-9-23-19(14-30-2)15-32(25(23)13-20)37(33,34)16-18-5-4-6-21(12-18)35-3/h4-13,15,30-31H,14,16H2,1-3H3. The highest BCUT2D eigenvalue weighted by Gasteiger charge is 2.31. The van der Waals surface area contributed by atoms with Crippen LogP contribution in [0.15, 0.2) is 66.9 Å². The van der Waals surface area contributed by atoms with Gasteiger partial charge in [-0.05, 0) is 73.1 Å². The zero-order chi connectivity index (χ0) is 26.8. The molecule has 0 saturated carbocycles. The second-order valence-corrected chi connectivity index (χ2v) is 10.3. The molecule has 1 aromatic heterocycles. The summed E-state index contributed by atoms with van der Waals surface area (Å²) in [4.78, 5) is 0. The molecule has 4 aromatic rings. The minimum atomic E-state index is -4.78. The smallest absolute Gasteiger partial charge is 0.497 e. The number of aromatic nitrogens is 1. The topological polar surface area (TPSA) is 81.6 Å². The number of hydrogen-bond acceptors (Lipinski definition) is 6. The number of rotatable bonds is 9. The van der Waals surface area contributed by atoms with Gasteiger partial charge in [0.2, 0.25) is 10.0 Å². The van der Waals surface area contributed by atoms with Crippen molar-refractivity contribution in [2.24, 2.45) is 0 Å². The molecule has 0 amide bonds. The van der Waals surface area contributed by atoms with Gasteiger partial charge in [-0.2, -0.15) is 0 Å². The molecule has 0 bridgehead atoms. The van der Waals surface area contributed by atoms with Crippen LogP contribution in [0.5, 0.6) is 11.5 Å². The lowest BCUT2D eigenvalue weighted by Crippen LogP contribution is -2.17. The summed E-state index contributed by atoms with van der Waals surface area (Å²) >= 11 is 0. The van der Waals surface area contributed by atoms with Crippen LogP contribution >= 0.6 is 0 Å². The molecule has 0 radical (unpaired) electrons. The molecule has 3 aromatic carbocycles. The monoisotopic (exact) mass is 533 g/mol. The van der Waals surface area contributed by atoms with Gasteiger partial charge in [-0.3, -0.25) is 0 Å². The second kappa shape index (κ2) is 10.3. The first-order valence-corrected chi connectivity index (χ1v) is 12.9. The molecular formula is C26H26F3N3O4S. The van der Waals surface area contributed by atoms with Crippen molar-refractivity contribution in [3.63, 3.8) is 0 Å². The van der Waals surface area contributed by atoms with Crippen molar-refractivity contribution in [2.75, 3.05) is 19.5 Å². The van der Waals surface area contributed by atoms with E-state index in [9.17, 15) is 21.6 Å². The summed E-state index contributed by atoms with van der Waals surface area (Å²) in [6.45, 7) is 2.11. The van der Waals surface area contributed by atoms with E-state index in [4.69, 9.17) is 4.74 Å². The fourth-order valence-electron chi connectivity index (χ4n) is 4.08. The van der Waals surface area contributed by atoms with Crippen LogP contribution in [0.1, 0.15) is 16.7 Å². The Hall–Kier alpha value is -3.70. The molecular weight excluding hydrogens is 507 g/mol. The van der Waals surface area contributed by atoms with Gasteiger partial charge >= 0.3 is 6.36 Å². The predicted octanol–water partition coefficient (Wildman–Crippen LogP) is 5.70. The van der Waals surface area contributed by atoms with Crippen LogP contribution in [0.4, 0.5) is 24.5 Å². The van der Waals surface area contributed by atoms with Crippen molar-refractivity contribution in [1.82, 2.24) is 9.29 Å². The summed E-state index contributed by atoms with van der Waals surface area (Å²) in [5.41, 5.74) is 3.53. The molecule has 7 nitrogen and oxygen atoms in total. The number of nitrogens with one attached hydrogen (secondary N) is 2. The van der Waals surface area contributed by atoms with E-state index in [1.54, 1.807) is 56.6 Å². The molecule has 0 aliphatic heterocycles. The highest BCUT2D eigenvalue weighted by molar-refractivity contribution is 7.89. The first-order valence-electron chi connectivity index (χ1n) is 11.3. The first-order chi connectivity index (χ1) is 17.5. The number of halogens is 3. The zero-order valence-electron chi connectivity index (χ0n) is 20.4. The van der Waals surface area contributed by atoms with E-state index in [0.717, 1.165) is 10.9 Å². The van der Waals surface area contributed by atoms with Crippen molar-refractivity contribution < 1.29 is 31.1 Å². The van der Waals surface area contributed by atoms with Gasteiger partial charge in [0, 0.05) is 29.5 Å². The van der Waals surface area contributed by atoms with E-state index in [1.165, 1.54) is 29.3 Å². The first kappa shape index (κ1) is 26.4. The van der Waals surface area contributed by atoms with Crippen molar-refractivity contribution in [1.29, 1.82) is 0 Å². The Kier molecular flexibility index (Phi) is 7.37. The average Bonchev–Trinajstić information content (AvgIpc) is 3.19. The molecule has 0 aliphatic rings. The molecule has 1 heterocycles. The number of anilines is 2. The molecule has 0 aliphatic carbocycles. The Morgan fingerprint density at radius 2 is 1.78 bits per heavy atom. The fourth-order valence-corrected chi connectivity index (χ4v) is 5.56. The van der Waals surface area contributed by atoms with Crippen LogP contribution in [0, 0.1) is 6.92 Å².